The molecule has 2 aromatic carbocycles. The Hall–Kier alpha value is -3.26. The lowest BCUT2D eigenvalue weighted by Crippen LogP contribution is -2.39. The molecule has 0 saturated carbocycles. The first kappa shape index (κ1) is 20.0. The van der Waals surface area contributed by atoms with Gasteiger partial charge >= 0.3 is 0 Å². The zero-order chi connectivity index (χ0) is 20.9. The highest BCUT2D eigenvalue weighted by Crippen LogP contribution is 2.27. The van der Waals surface area contributed by atoms with E-state index < -0.39 is 0 Å². The van der Waals surface area contributed by atoms with Gasteiger partial charge in [-0.2, -0.15) is 0 Å². The molecule has 0 bridgehead atoms. The van der Waals surface area contributed by atoms with Crippen LogP contribution in [-0.2, 0) is 18.4 Å². The molecule has 1 aromatic heterocycles. The highest BCUT2D eigenvalue weighted by molar-refractivity contribution is 5.36. The maximum absolute atomic E-state index is 6.00. The third kappa shape index (κ3) is 4.33. The van der Waals surface area contributed by atoms with Gasteiger partial charge in [0.1, 0.15) is 30.0 Å². The van der Waals surface area contributed by atoms with Gasteiger partial charge in [0.25, 0.3) is 0 Å². The molecular formula is C22H26N4O4. The highest BCUT2D eigenvalue weighted by Gasteiger charge is 2.26. The van der Waals surface area contributed by atoms with Crippen molar-refractivity contribution in [2.75, 3.05) is 38.8 Å². The molecule has 0 unspecified atom stereocenters. The van der Waals surface area contributed by atoms with Crippen LogP contribution in [0.15, 0.2) is 48.5 Å². The Kier molecular flexibility index (Phi) is 6.04. The van der Waals surface area contributed by atoms with Gasteiger partial charge in [0.15, 0.2) is 5.82 Å². The summed E-state index contributed by atoms with van der Waals surface area (Å²) in [5, 5.41) is 8.73. The molecule has 8 heteroatoms. The lowest BCUT2D eigenvalue weighted by Gasteiger charge is -2.33. The monoisotopic (exact) mass is 410 g/mol. The summed E-state index contributed by atoms with van der Waals surface area (Å²) < 4.78 is 24.3. The fourth-order valence-electron chi connectivity index (χ4n) is 3.45. The molecule has 1 fully saturated rings. The van der Waals surface area contributed by atoms with Gasteiger partial charge in [0.2, 0.25) is 5.95 Å². The van der Waals surface area contributed by atoms with Gasteiger partial charge in [-0.15, -0.1) is 10.2 Å². The van der Waals surface area contributed by atoms with E-state index in [1.165, 1.54) is 0 Å². The molecule has 0 aliphatic carbocycles. The van der Waals surface area contributed by atoms with Crippen molar-refractivity contribution in [3.05, 3.63) is 59.9 Å². The lowest BCUT2D eigenvalue weighted by atomic mass is 10.1. The topological polar surface area (TPSA) is 70.9 Å². The van der Waals surface area contributed by atoms with E-state index in [2.05, 4.69) is 21.2 Å². The van der Waals surface area contributed by atoms with Crippen LogP contribution in [0.4, 0.5) is 5.95 Å². The third-order valence-corrected chi connectivity index (χ3v) is 5.18. The van der Waals surface area contributed by atoms with Crippen LogP contribution in [0.5, 0.6) is 17.2 Å². The average Bonchev–Trinajstić information content (AvgIpc) is 3.18. The van der Waals surface area contributed by atoms with Crippen molar-refractivity contribution in [3.8, 4) is 17.2 Å². The number of benzene rings is 2. The molecule has 0 amide bonds. The number of ether oxygens (including phenoxy) is 4. The minimum atomic E-state index is -0.0513. The summed E-state index contributed by atoms with van der Waals surface area (Å²) in [7, 11) is 5.27. The van der Waals surface area contributed by atoms with Gasteiger partial charge in [-0.25, -0.2) is 0 Å². The molecule has 1 aliphatic rings. The fraction of sp³-hybridized carbons (Fsp3) is 0.364. The van der Waals surface area contributed by atoms with Crippen LogP contribution in [0.3, 0.4) is 0 Å². The second-order valence-electron chi connectivity index (χ2n) is 7.02. The van der Waals surface area contributed by atoms with Gasteiger partial charge < -0.3 is 23.8 Å². The van der Waals surface area contributed by atoms with Crippen molar-refractivity contribution in [2.24, 2.45) is 7.05 Å². The van der Waals surface area contributed by atoms with Crippen molar-refractivity contribution in [3.63, 3.8) is 0 Å². The Morgan fingerprint density at radius 1 is 1.00 bits per heavy atom. The fourth-order valence-corrected chi connectivity index (χ4v) is 3.45. The summed E-state index contributed by atoms with van der Waals surface area (Å²) in [5.41, 5.74) is 1.09. The number of morpholine rings is 1. The molecule has 0 N–H and O–H groups in total. The first-order valence-electron chi connectivity index (χ1n) is 9.83. The van der Waals surface area contributed by atoms with Gasteiger partial charge in [-0.3, -0.25) is 4.57 Å². The molecule has 1 atom stereocenters. The molecule has 1 saturated heterocycles. The summed E-state index contributed by atoms with van der Waals surface area (Å²) in [6.45, 7) is 2.40. The van der Waals surface area contributed by atoms with Crippen LogP contribution >= 0.6 is 0 Å². The number of hydrogen-bond donors (Lipinski definition) is 0. The van der Waals surface area contributed by atoms with Crippen LogP contribution in [0.2, 0.25) is 0 Å². The first-order valence-corrected chi connectivity index (χ1v) is 9.83. The van der Waals surface area contributed by atoms with E-state index in [9.17, 15) is 0 Å². The maximum atomic E-state index is 6.00. The summed E-state index contributed by atoms with van der Waals surface area (Å²) in [5.74, 6) is 3.93. The number of methoxy groups -OCH3 is 2. The van der Waals surface area contributed by atoms with Crippen LogP contribution in [0, 0.1) is 0 Å². The molecular weight excluding hydrogens is 384 g/mol. The largest absolute Gasteiger partial charge is 0.497 e. The Morgan fingerprint density at radius 2 is 1.77 bits per heavy atom. The van der Waals surface area contributed by atoms with Gasteiger partial charge in [-0.05, 0) is 42.0 Å². The van der Waals surface area contributed by atoms with Gasteiger partial charge in [0.05, 0.1) is 27.4 Å². The predicted octanol–water partition coefficient (Wildman–Crippen LogP) is 2.99. The van der Waals surface area contributed by atoms with Gasteiger partial charge in [-0.1, -0.05) is 12.1 Å². The van der Waals surface area contributed by atoms with E-state index in [1.807, 2.05) is 54.1 Å². The molecule has 8 nitrogen and oxygen atoms in total. The van der Waals surface area contributed by atoms with Crippen LogP contribution in [0.1, 0.15) is 17.5 Å². The number of aromatic nitrogens is 3. The van der Waals surface area contributed by atoms with Crippen molar-refractivity contribution in [2.45, 2.75) is 12.7 Å². The maximum Gasteiger partial charge on any atom is 0.227 e. The lowest BCUT2D eigenvalue weighted by molar-refractivity contribution is 0.0389. The number of rotatable bonds is 7. The normalized spacial score (nSPS) is 16.4. The van der Waals surface area contributed by atoms with Crippen LogP contribution in [0.25, 0.3) is 0 Å². The Balaban J connectivity index is 1.43. The zero-order valence-corrected chi connectivity index (χ0v) is 17.4. The summed E-state index contributed by atoms with van der Waals surface area (Å²) in [6, 6.07) is 15.5. The minimum Gasteiger partial charge on any atom is -0.497 e. The average molecular weight is 410 g/mol. The molecule has 1 aliphatic heterocycles. The quantitative estimate of drug-likeness (QED) is 0.593. The minimum absolute atomic E-state index is 0.0513. The van der Waals surface area contributed by atoms with Crippen molar-refractivity contribution in [1.82, 2.24) is 14.8 Å². The Morgan fingerprint density at radius 3 is 2.53 bits per heavy atom. The number of anilines is 1. The molecule has 30 heavy (non-hydrogen) atoms. The molecule has 158 valence electrons. The molecule has 4 rings (SSSR count). The molecule has 0 radical (unpaired) electrons. The standard InChI is InChI=1S/C22H26N4O4/c1-25-21(15-30-18-9-7-17(27-2)8-10-18)23-24-22(25)26-11-12-29-20(14-26)16-5-4-6-19(13-16)28-3/h4-10,13,20H,11-12,14-15H2,1-3H3/t20-/m1/s1. The van der Waals surface area contributed by atoms with Crippen molar-refractivity contribution < 1.29 is 18.9 Å². The second-order valence-corrected chi connectivity index (χ2v) is 7.02. The Bertz CT molecular complexity index is 974. The molecule has 0 spiro atoms. The highest BCUT2D eigenvalue weighted by atomic mass is 16.5. The number of nitrogens with zero attached hydrogens (tertiary/aromatic N) is 4. The first-order chi connectivity index (χ1) is 14.7. The summed E-state index contributed by atoms with van der Waals surface area (Å²) >= 11 is 0. The molecule has 2 heterocycles. The molecule has 3 aromatic rings. The Labute approximate surface area is 176 Å². The third-order valence-electron chi connectivity index (χ3n) is 5.18. The van der Waals surface area contributed by atoms with E-state index in [0.29, 0.717) is 19.8 Å². The zero-order valence-electron chi connectivity index (χ0n) is 17.4. The van der Waals surface area contributed by atoms with Crippen molar-refractivity contribution >= 4 is 5.95 Å². The van der Waals surface area contributed by atoms with Crippen LogP contribution in [-0.4, -0.2) is 48.7 Å². The van der Waals surface area contributed by atoms with E-state index >= 15 is 0 Å². The second kappa shape index (κ2) is 9.04. The van der Waals surface area contributed by atoms with Crippen molar-refractivity contribution in [1.29, 1.82) is 0 Å². The van der Waals surface area contributed by atoms with E-state index in [1.54, 1.807) is 14.2 Å². The van der Waals surface area contributed by atoms with E-state index in [0.717, 1.165) is 41.1 Å². The van der Waals surface area contributed by atoms with Gasteiger partial charge in [0, 0.05) is 13.6 Å². The smallest absolute Gasteiger partial charge is 0.227 e. The van der Waals surface area contributed by atoms with E-state index in [-0.39, 0.29) is 6.10 Å². The predicted molar refractivity (Wildman–Crippen MR) is 112 cm³/mol. The summed E-state index contributed by atoms with van der Waals surface area (Å²) in [4.78, 5) is 2.19. The SMILES string of the molecule is COc1ccc(OCc2nnc(N3CCO[C@@H](c4cccc(OC)c4)C3)n2C)cc1. The summed E-state index contributed by atoms with van der Waals surface area (Å²) in [6.07, 6.45) is -0.0513. The van der Waals surface area contributed by atoms with E-state index in [4.69, 9.17) is 18.9 Å². The van der Waals surface area contributed by atoms with Crippen LogP contribution < -0.4 is 19.1 Å². The number of hydrogen-bond acceptors (Lipinski definition) is 7.